The van der Waals surface area contributed by atoms with Crippen LogP contribution in [-0.4, -0.2) is 21.3 Å². The Kier molecular flexibility index (Phi) is 2.24. The van der Waals surface area contributed by atoms with Gasteiger partial charge in [-0.25, -0.2) is 9.18 Å². The molecular formula is C7H3F3O4. The molecule has 0 bridgehead atoms. The topological polar surface area (TPSA) is 77.8 Å². The summed E-state index contributed by atoms with van der Waals surface area (Å²) in [5.74, 6) is -11.5. The van der Waals surface area contributed by atoms with Crippen molar-refractivity contribution in [2.45, 2.75) is 0 Å². The van der Waals surface area contributed by atoms with Gasteiger partial charge < -0.3 is 15.3 Å². The second-order valence-corrected chi connectivity index (χ2v) is 2.32. The molecule has 1 aromatic rings. The quantitative estimate of drug-likeness (QED) is 0.478. The third-order valence-electron chi connectivity index (χ3n) is 1.49. The van der Waals surface area contributed by atoms with Crippen LogP contribution in [0.25, 0.3) is 0 Å². The minimum atomic E-state index is -2.04. The van der Waals surface area contributed by atoms with E-state index >= 15 is 0 Å². The number of carbonyl (C=O) groups is 1. The molecule has 14 heavy (non-hydrogen) atoms. The first kappa shape index (κ1) is 10.2. The van der Waals surface area contributed by atoms with Crippen LogP contribution in [0.4, 0.5) is 13.2 Å². The van der Waals surface area contributed by atoms with Gasteiger partial charge in [-0.2, -0.15) is 8.78 Å². The molecule has 0 radical (unpaired) electrons. The highest BCUT2D eigenvalue weighted by Crippen LogP contribution is 2.33. The van der Waals surface area contributed by atoms with Gasteiger partial charge in [-0.15, -0.1) is 0 Å². The van der Waals surface area contributed by atoms with Gasteiger partial charge in [0.1, 0.15) is 5.56 Å². The van der Waals surface area contributed by atoms with E-state index in [0.717, 1.165) is 0 Å². The number of rotatable bonds is 1. The normalized spacial score (nSPS) is 10.2. The molecular weight excluding hydrogens is 205 g/mol. The van der Waals surface area contributed by atoms with Crippen molar-refractivity contribution in [3.05, 3.63) is 23.0 Å². The number of phenolic OH excluding ortho intramolecular Hbond substituents is 1. The van der Waals surface area contributed by atoms with E-state index in [0.29, 0.717) is 0 Å². The number of halogens is 3. The number of hydrogen-bond donors (Lipinski definition) is 3. The second kappa shape index (κ2) is 3.09. The van der Waals surface area contributed by atoms with Crippen LogP contribution in [0.15, 0.2) is 0 Å². The fourth-order valence-electron chi connectivity index (χ4n) is 0.832. The molecule has 0 atom stereocenters. The van der Waals surface area contributed by atoms with Gasteiger partial charge in [-0.3, -0.25) is 0 Å². The maximum Gasteiger partial charge on any atom is 0.342 e. The molecule has 0 aliphatic carbocycles. The standard InChI is InChI=1S/C7H3F3O4/c8-2-1(7(13)14)5(11)3(9)4(10)6(2)12/h11-12H,(H,13,14). The van der Waals surface area contributed by atoms with E-state index in [4.69, 9.17) is 15.3 Å². The average Bonchev–Trinajstić information content (AvgIpc) is 2.11. The average molecular weight is 208 g/mol. The van der Waals surface area contributed by atoms with Crippen LogP contribution >= 0.6 is 0 Å². The summed E-state index contributed by atoms with van der Waals surface area (Å²) in [5, 5.41) is 25.6. The Bertz CT molecular complexity index is 387. The first-order valence-electron chi connectivity index (χ1n) is 3.19. The Morgan fingerprint density at radius 1 is 0.929 bits per heavy atom. The maximum absolute atomic E-state index is 12.8. The Hall–Kier alpha value is -1.92. The molecule has 0 aromatic heterocycles. The first-order chi connectivity index (χ1) is 6.37. The van der Waals surface area contributed by atoms with Gasteiger partial charge in [0.15, 0.2) is 17.3 Å². The highest BCUT2D eigenvalue weighted by atomic mass is 19.2. The molecule has 0 heterocycles. The van der Waals surface area contributed by atoms with E-state index in [-0.39, 0.29) is 0 Å². The second-order valence-electron chi connectivity index (χ2n) is 2.32. The predicted octanol–water partition coefficient (Wildman–Crippen LogP) is 1.21. The zero-order valence-corrected chi connectivity index (χ0v) is 6.38. The van der Waals surface area contributed by atoms with E-state index in [1.165, 1.54) is 0 Å². The van der Waals surface area contributed by atoms with E-state index < -0.39 is 40.5 Å². The van der Waals surface area contributed by atoms with Crippen LogP contribution in [0.5, 0.6) is 11.5 Å². The van der Waals surface area contributed by atoms with Gasteiger partial charge in [0.2, 0.25) is 11.6 Å². The highest BCUT2D eigenvalue weighted by Gasteiger charge is 2.28. The number of hydrogen-bond acceptors (Lipinski definition) is 3. The fourth-order valence-corrected chi connectivity index (χ4v) is 0.832. The molecule has 0 aliphatic heterocycles. The maximum atomic E-state index is 12.8. The largest absolute Gasteiger partial charge is 0.504 e. The molecule has 1 aromatic carbocycles. The molecule has 0 fully saturated rings. The smallest absolute Gasteiger partial charge is 0.342 e. The predicted molar refractivity (Wildman–Crippen MR) is 36.6 cm³/mol. The van der Waals surface area contributed by atoms with Gasteiger partial charge in [0.05, 0.1) is 0 Å². The molecule has 1 rings (SSSR count). The Labute approximate surface area is 74.8 Å². The number of phenols is 2. The molecule has 0 spiro atoms. The van der Waals surface area contributed by atoms with Crippen LogP contribution in [0.2, 0.25) is 0 Å². The Balaban J connectivity index is 3.68. The van der Waals surface area contributed by atoms with Gasteiger partial charge in [0.25, 0.3) is 0 Å². The minimum Gasteiger partial charge on any atom is -0.504 e. The summed E-state index contributed by atoms with van der Waals surface area (Å²) in [5.41, 5.74) is -1.51. The van der Waals surface area contributed by atoms with Gasteiger partial charge >= 0.3 is 5.97 Å². The summed E-state index contributed by atoms with van der Waals surface area (Å²) in [6.45, 7) is 0. The van der Waals surface area contributed by atoms with Crippen molar-refractivity contribution < 1.29 is 33.3 Å². The van der Waals surface area contributed by atoms with Crippen molar-refractivity contribution >= 4 is 5.97 Å². The van der Waals surface area contributed by atoms with Crippen LogP contribution < -0.4 is 0 Å². The molecule has 0 saturated carbocycles. The molecule has 0 amide bonds. The summed E-state index contributed by atoms with van der Waals surface area (Å²) in [4.78, 5) is 10.3. The Morgan fingerprint density at radius 2 is 1.36 bits per heavy atom. The van der Waals surface area contributed by atoms with Gasteiger partial charge in [-0.1, -0.05) is 0 Å². The molecule has 0 unspecified atom stereocenters. The van der Waals surface area contributed by atoms with Crippen molar-refractivity contribution in [2.24, 2.45) is 0 Å². The number of aromatic hydroxyl groups is 2. The summed E-state index contributed by atoms with van der Waals surface area (Å²) in [6.07, 6.45) is 0. The Morgan fingerprint density at radius 3 is 1.79 bits per heavy atom. The first-order valence-corrected chi connectivity index (χ1v) is 3.19. The zero-order valence-electron chi connectivity index (χ0n) is 6.38. The lowest BCUT2D eigenvalue weighted by atomic mass is 10.1. The third-order valence-corrected chi connectivity index (χ3v) is 1.49. The third kappa shape index (κ3) is 1.22. The minimum absolute atomic E-state index is 1.51. The van der Waals surface area contributed by atoms with E-state index in [9.17, 15) is 18.0 Å². The summed E-state index contributed by atoms with van der Waals surface area (Å²) in [7, 11) is 0. The van der Waals surface area contributed by atoms with Crippen LogP contribution in [0.3, 0.4) is 0 Å². The number of aromatic carboxylic acids is 1. The van der Waals surface area contributed by atoms with Crippen molar-refractivity contribution in [3.8, 4) is 11.5 Å². The number of carboxylic acid groups (broad SMARTS) is 1. The van der Waals surface area contributed by atoms with Crippen LogP contribution in [-0.2, 0) is 0 Å². The molecule has 0 aliphatic rings. The van der Waals surface area contributed by atoms with Crippen LogP contribution in [0.1, 0.15) is 10.4 Å². The fraction of sp³-hybridized carbons (Fsp3) is 0. The highest BCUT2D eigenvalue weighted by molar-refractivity contribution is 5.91. The van der Waals surface area contributed by atoms with Gasteiger partial charge in [0, 0.05) is 0 Å². The molecule has 3 N–H and O–H groups in total. The summed E-state index contributed by atoms with van der Waals surface area (Å²) < 4.78 is 37.8. The van der Waals surface area contributed by atoms with Crippen molar-refractivity contribution in [1.29, 1.82) is 0 Å². The SMILES string of the molecule is O=C(O)c1c(O)c(F)c(F)c(O)c1F. The van der Waals surface area contributed by atoms with Crippen LogP contribution in [0, 0.1) is 17.5 Å². The molecule has 4 nitrogen and oxygen atoms in total. The number of benzene rings is 1. The molecule has 0 saturated heterocycles. The number of carboxylic acids is 1. The summed E-state index contributed by atoms with van der Waals surface area (Å²) >= 11 is 0. The summed E-state index contributed by atoms with van der Waals surface area (Å²) in [6, 6.07) is 0. The lowest BCUT2D eigenvalue weighted by Gasteiger charge is -2.05. The van der Waals surface area contributed by atoms with E-state index in [1.807, 2.05) is 0 Å². The van der Waals surface area contributed by atoms with E-state index in [2.05, 4.69) is 0 Å². The van der Waals surface area contributed by atoms with Crippen molar-refractivity contribution in [2.75, 3.05) is 0 Å². The van der Waals surface area contributed by atoms with Crippen molar-refractivity contribution in [1.82, 2.24) is 0 Å². The molecule has 76 valence electrons. The van der Waals surface area contributed by atoms with Gasteiger partial charge in [-0.05, 0) is 0 Å². The lowest BCUT2D eigenvalue weighted by molar-refractivity contribution is 0.0685. The zero-order chi connectivity index (χ0) is 11.0. The lowest BCUT2D eigenvalue weighted by Crippen LogP contribution is -2.05. The monoisotopic (exact) mass is 208 g/mol. The van der Waals surface area contributed by atoms with Crippen molar-refractivity contribution in [3.63, 3.8) is 0 Å². The van der Waals surface area contributed by atoms with E-state index in [1.54, 1.807) is 0 Å². The molecule has 7 heteroatoms.